The number of anilines is 1. The van der Waals surface area contributed by atoms with Crippen molar-refractivity contribution in [1.29, 1.82) is 0 Å². The Morgan fingerprint density at radius 2 is 2.28 bits per heavy atom. The topological polar surface area (TPSA) is 54.0 Å². The van der Waals surface area contributed by atoms with Crippen molar-refractivity contribution in [2.75, 3.05) is 18.4 Å². The molecule has 0 bridgehead atoms. The van der Waals surface area contributed by atoms with Crippen molar-refractivity contribution in [2.24, 2.45) is 5.41 Å². The van der Waals surface area contributed by atoms with Gasteiger partial charge in [0.1, 0.15) is 5.82 Å². The van der Waals surface area contributed by atoms with Crippen LogP contribution in [0.15, 0.2) is 18.3 Å². The summed E-state index contributed by atoms with van der Waals surface area (Å²) in [5, 5.41) is 6.13. The molecule has 0 spiro atoms. The third-order valence-electron chi connectivity index (χ3n) is 3.63. The van der Waals surface area contributed by atoms with E-state index in [1.165, 1.54) is 19.3 Å². The second kappa shape index (κ2) is 5.38. The van der Waals surface area contributed by atoms with Crippen LogP contribution in [0.3, 0.4) is 0 Å². The Balaban J connectivity index is 1.99. The molecule has 98 valence electrons. The maximum Gasteiger partial charge on any atom is 0.255 e. The molecule has 0 saturated heterocycles. The molecule has 1 amide bonds. The van der Waals surface area contributed by atoms with E-state index in [4.69, 9.17) is 0 Å². The molecule has 0 aromatic carbocycles. The summed E-state index contributed by atoms with van der Waals surface area (Å²) in [6.45, 7) is 5.73. The Kier molecular flexibility index (Phi) is 3.84. The highest BCUT2D eigenvalue weighted by Crippen LogP contribution is 2.39. The van der Waals surface area contributed by atoms with Crippen LogP contribution in [0.5, 0.6) is 0 Å². The van der Waals surface area contributed by atoms with Gasteiger partial charge in [-0.25, -0.2) is 4.98 Å². The summed E-state index contributed by atoms with van der Waals surface area (Å²) in [6, 6.07) is 3.60. The molecule has 0 radical (unpaired) electrons. The van der Waals surface area contributed by atoms with Crippen LogP contribution in [0.4, 0.5) is 5.82 Å². The van der Waals surface area contributed by atoms with Gasteiger partial charge in [0.15, 0.2) is 0 Å². The first-order valence-corrected chi connectivity index (χ1v) is 6.62. The highest BCUT2D eigenvalue weighted by molar-refractivity contribution is 5.98. The number of nitrogens with zero attached hydrogens (tertiary/aromatic N) is 1. The minimum atomic E-state index is -0.0350. The van der Waals surface area contributed by atoms with E-state index in [9.17, 15) is 4.79 Å². The van der Waals surface area contributed by atoms with Gasteiger partial charge in [0.25, 0.3) is 5.91 Å². The molecule has 0 atom stereocenters. The monoisotopic (exact) mass is 247 g/mol. The number of hydrogen-bond acceptors (Lipinski definition) is 3. The summed E-state index contributed by atoms with van der Waals surface area (Å²) in [4.78, 5) is 16.3. The number of aromatic nitrogens is 1. The quantitative estimate of drug-likeness (QED) is 0.840. The van der Waals surface area contributed by atoms with E-state index in [0.717, 1.165) is 13.1 Å². The van der Waals surface area contributed by atoms with Gasteiger partial charge in [-0.3, -0.25) is 4.79 Å². The van der Waals surface area contributed by atoms with Crippen molar-refractivity contribution >= 4 is 11.7 Å². The van der Waals surface area contributed by atoms with Gasteiger partial charge in [0, 0.05) is 19.3 Å². The zero-order valence-corrected chi connectivity index (χ0v) is 11.1. The summed E-state index contributed by atoms with van der Waals surface area (Å²) >= 11 is 0. The molecular weight excluding hydrogens is 226 g/mol. The molecule has 0 aliphatic heterocycles. The van der Waals surface area contributed by atoms with Gasteiger partial charge < -0.3 is 10.6 Å². The lowest BCUT2D eigenvalue weighted by molar-refractivity contribution is 0.0891. The fourth-order valence-electron chi connectivity index (χ4n) is 2.24. The molecule has 0 unspecified atom stereocenters. The van der Waals surface area contributed by atoms with E-state index < -0.39 is 0 Å². The smallest absolute Gasteiger partial charge is 0.255 e. The number of nitrogens with one attached hydrogen (secondary N) is 2. The van der Waals surface area contributed by atoms with E-state index >= 15 is 0 Å². The molecule has 4 nitrogen and oxygen atoms in total. The Bertz CT molecular complexity index is 427. The Morgan fingerprint density at radius 3 is 2.89 bits per heavy atom. The molecule has 2 N–H and O–H groups in total. The van der Waals surface area contributed by atoms with Crippen molar-refractivity contribution in [3.63, 3.8) is 0 Å². The fraction of sp³-hybridized carbons (Fsp3) is 0.571. The van der Waals surface area contributed by atoms with Crippen LogP contribution in [0.25, 0.3) is 0 Å². The molecule has 1 aromatic rings. The van der Waals surface area contributed by atoms with Crippen molar-refractivity contribution in [2.45, 2.75) is 33.1 Å². The number of rotatable bonds is 5. The van der Waals surface area contributed by atoms with E-state index in [1.54, 1.807) is 12.3 Å². The molecule has 4 heteroatoms. The molecule has 18 heavy (non-hydrogen) atoms. The Labute approximate surface area is 108 Å². The second-order valence-corrected chi connectivity index (χ2v) is 5.28. The van der Waals surface area contributed by atoms with E-state index in [1.807, 2.05) is 13.0 Å². The Morgan fingerprint density at radius 1 is 1.50 bits per heavy atom. The highest BCUT2D eigenvalue weighted by Gasteiger charge is 2.32. The normalized spacial score (nSPS) is 16.8. The van der Waals surface area contributed by atoms with Gasteiger partial charge >= 0.3 is 0 Å². The first kappa shape index (κ1) is 12.9. The molecule has 1 fully saturated rings. The zero-order valence-electron chi connectivity index (χ0n) is 11.1. The zero-order chi connectivity index (χ0) is 13.0. The SMILES string of the molecule is CCNc1ncccc1C(=O)NCC1(C)CCC1. The van der Waals surface area contributed by atoms with E-state index in [0.29, 0.717) is 16.8 Å². The standard InChI is InChI=1S/C14H21N3O/c1-3-15-12-11(6-4-9-16-12)13(18)17-10-14(2)7-5-8-14/h4,6,9H,3,5,7-8,10H2,1-2H3,(H,15,16)(H,17,18). The van der Waals surface area contributed by atoms with E-state index in [-0.39, 0.29) is 5.91 Å². The van der Waals surface area contributed by atoms with Crippen LogP contribution in [0.2, 0.25) is 0 Å². The molecule has 1 saturated carbocycles. The van der Waals surface area contributed by atoms with Gasteiger partial charge in [-0.15, -0.1) is 0 Å². The predicted molar refractivity (Wildman–Crippen MR) is 72.7 cm³/mol. The summed E-state index contributed by atoms with van der Waals surface area (Å²) in [6.07, 6.45) is 5.39. The van der Waals surface area contributed by atoms with Gasteiger partial charge in [-0.2, -0.15) is 0 Å². The predicted octanol–water partition coefficient (Wildman–Crippen LogP) is 2.43. The number of carbonyl (C=O) groups excluding carboxylic acids is 1. The third-order valence-corrected chi connectivity index (χ3v) is 3.63. The molecular formula is C14H21N3O. The largest absolute Gasteiger partial charge is 0.370 e. The van der Waals surface area contributed by atoms with Gasteiger partial charge in [-0.05, 0) is 37.3 Å². The van der Waals surface area contributed by atoms with Crippen LogP contribution < -0.4 is 10.6 Å². The molecule has 1 heterocycles. The number of hydrogen-bond donors (Lipinski definition) is 2. The van der Waals surface area contributed by atoms with Crippen LogP contribution >= 0.6 is 0 Å². The summed E-state index contributed by atoms with van der Waals surface area (Å²) in [5.74, 6) is 0.628. The lowest BCUT2D eigenvalue weighted by Crippen LogP contribution is -2.40. The first-order chi connectivity index (χ1) is 8.64. The minimum Gasteiger partial charge on any atom is -0.370 e. The van der Waals surface area contributed by atoms with Gasteiger partial charge in [-0.1, -0.05) is 13.3 Å². The van der Waals surface area contributed by atoms with Crippen LogP contribution in [0, 0.1) is 5.41 Å². The minimum absolute atomic E-state index is 0.0350. The number of pyridine rings is 1. The number of carbonyl (C=O) groups is 1. The third kappa shape index (κ3) is 2.81. The molecule has 1 aliphatic rings. The van der Waals surface area contributed by atoms with Crippen LogP contribution in [-0.4, -0.2) is 24.0 Å². The second-order valence-electron chi connectivity index (χ2n) is 5.28. The lowest BCUT2D eigenvalue weighted by Gasteiger charge is -2.38. The Hall–Kier alpha value is -1.58. The molecule has 1 aliphatic carbocycles. The maximum atomic E-state index is 12.1. The van der Waals surface area contributed by atoms with E-state index in [2.05, 4.69) is 22.5 Å². The van der Waals surface area contributed by atoms with Crippen molar-refractivity contribution in [1.82, 2.24) is 10.3 Å². The average molecular weight is 247 g/mol. The summed E-state index contributed by atoms with van der Waals surface area (Å²) in [7, 11) is 0. The van der Waals surface area contributed by atoms with Crippen LogP contribution in [-0.2, 0) is 0 Å². The average Bonchev–Trinajstić information content (AvgIpc) is 2.35. The highest BCUT2D eigenvalue weighted by atomic mass is 16.1. The lowest BCUT2D eigenvalue weighted by atomic mass is 9.70. The van der Waals surface area contributed by atoms with Crippen molar-refractivity contribution < 1.29 is 4.79 Å². The molecule has 1 aromatic heterocycles. The fourth-order valence-corrected chi connectivity index (χ4v) is 2.24. The maximum absolute atomic E-state index is 12.1. The van der Waals surface area contributed by atoms with Crippen molar-refractivity contribution in [3.8, 4) is 0 Å². The summed E-state index contributed by atoms with van der Waals surface area (Å²) in [5.41, 5.74) is 0.929. The van der Waals surface area contributed by atoms with Gasteiger partial charge in [0.05, 0.1) is 5.56 Å². The van der Waals surface area contributed by atoms with Crippen LogP contribution in [0.1, 0.15) is 43.5 Å². The summed E-state index contributed by atoms with van der Waals surface area (Å²) < 4.78 is 0. The van der Waals surface area contributed by atoms with Gasteiger partial charge in [0.2, 0.25) is 0 Å². The number of amides is 1. The van der Waals surface area contributed by atoms with Crippen molar-refractivity contribution in [3.05, 3.63) is 23.9 Å². The first-order valence-electron chi connectivity index (χ1n) is 6.62. The molecule has 2 rings (SSSR count).